The Morgan fingerprint density at radius 2 is 1.95 bits per heavy atom. The molecule has 1 N–H and O–H groups in total. The number of benzene rings is 1. The number of nitrogens with one attached hydrogen (secondary N) is 1. The molecule has 4 heteroatoms. The van der Waals surface area contributed by atoms with Crippen molar-refractivity contribution >= 4 is 5.96 Å². The molecular weight excluding hydrogens is 253 g/mol. The minimum atomic E-state index is -0.277. The summed E-state index contributed by atoms with van der Waals surface area (Å²) in [6, 6.07) is 6.99. The van der Waals surface area contributed by atoms with Crippen molar-refractivity contribution in [3.63, 3.8) is 0 Å². The van der Waals surface area contributed by atoms with Crippen LogP contribution in [0.15, 0.2) is 29.3 Å². The average Bonchev–Trinajstić information content (AvgIpc) is 2.94. The topological polar surface area (TPSA) is 27.6 Å². The first kappa shape index (κ1) is 14.8. The number of halogens is 1. The summed E-state index contributed by atoms with van der Waals surface area (Å²) in [5.74, 6) is 0.780. The van der Waals surface area contributed by atoms with Gasteiger partial charge in [0.05, 0.1) is 0 Å². The summed E-state index contributed by atoms with van der Waals surface area (Å²) >= 11 is 0. The van der Waals surface area contributed by atoms with Gasteiger partial charge in [-0.25, -0.2) is 4.39 Å². The first-order valence-corrected chi connectivity index (χ1v) is 7.25. The summed E-state index contributed by atoms with van der Waals surface area (Å²) in [5.41, 5.74) is 0.463. The number of guanidine groups is 1. The van der Waals surface area contributed by atoms with E-state index < -0.39 is 0 Å². The Bertz CT molecular complexity index is 476. The van der Waals surface area contributed by atoms with Gasteiger partial charge in [0.1, 0.15) is 5.82 Å². The van der Waals surface area contributed by atoms with E-state index in [0.717, 1.165) is 24.6 Å². The highest BCUT2D eigenvalue weighted by molar-refractivity contribution is 5.80. The lowest BCUT2D eigenvalue weighted by Crippen LogP contribution is -2.44. The highest BCUT2D eigenvalue weighted by Gasteiger charge is 2.25. The van der Waals surface area contributed by atoms with E-state index in [1.165, 1.54) is 18.9 Å². The Morgan fingerprint density at radius 1 is 1.30 bits per heavy atom. The van der Waals surface area contributed by atoms with Crippen LogP contribution in [0, 0.1) is 5.82 Å². The maximum atomic E-state index is 13.9. The van der Waals surface area contributed by atoms with E-state index in [1.54, 1.807) is 13.1 Å². The molecule has 20 heavy (non-hydrogen) atoms. The van der Waals surface area contributed by atoms with Crippen LogP contribution in [-0.4, -0.2) is 37.5 Å². The number of nitrogens with zero attached hydrogens (tertiary/aromatic N) is 2. The fourth-order valence-corrected chi connectivity index (χ4v) is 2.67. The summed E-state index contributed by atoms with van der Waals surface area (Å²) in [5, 5.41) is 3.39. The predicted octanol–water partition coefficient (Wildman–Crippen LogP) is 2.77. The molecule has 1 aliphatic heterocycles. The Balaban J connectivity index is 2.03. The molecule has 0 atom stereocenters. The van der Waals surface area contributed by atoms with Crippen molar-refractivity contribution in [2.45, 2.75) is 32.1 Å². The van der Waals surface area contributed by atoms with Crippen molar-refractivity contribution < 1.29 is 4.39 Å². The van der Waals surface area contributed by atoms with Crippen LogP contribution in [0.2, 0.25) is 0 Å². The third kappa shape index (κ3) is 3.30. The fraction of sp³-hybridized carbons (Fsp3) is 0.562. The molecule has 0 amide bonds. The van der Waals surface area contributed by atoms with Crippen molar-refractivity contribution in [2.75, 3.05) is 26.7 Å². The molecule has 0 saturated carbocycles. The molecule has 1 saturated heterocycles. The second kappa shape index (κ2) is 6.25. The third-order valence-electron chi connectivity index (χ3n) is 3.91. The van der Waals surface area contributed by atoms with E-state index in [-0.39, 0.29) is 11.2 Å². The average molecular weight is 277 g/mol. The zero-order chi connectivity index (χ0) is 14.6. The highest BCUT2D eigenvalue weighted by atomic mass is 19.1. The van der Waals surface area contributed by atoms with Crippen molar-refractivity contribution in [2.24, 2.45) is 4.99 Å². The Labute approximate surface area is 120 Å². The molecule has 1 heterocycles. The number of rotatable bonds is 3. The lowest BCUT2D eigenvalue weighted by molar-refractivity contribution is 0.444. The second-order valence-corrected chi connectivity index (χ2v) is 5.96. The smallest absolute Gasteiger partial charge is 0.193 e. The van der Waals surface area contributed by atoms with Gasteiger partial charge in [0, 0.05) is 32.1 Å². The van der Waals surface area contributed by atoms with Crippen LogP contribution in [-0.2, 0) is 5.41 Å². The van der Waals surface area contributed by atoms with Crippen LogP contribution in [0.4, 0.5) is 4.39 Å². The lowest BCUT2D eigenvalue weighted by Gasteiger charge is -2.29. The molecular formula is C16H24FN3. The normalized spacial score (nSPS) is 16.6. The molecule has 2 rings (SSSR count). The molecule has 0 spiro atoms. The molecule has 0 aromatic heterocycles. The summed E-state index contributed by atoms with van der Waals surface area (Å²) in [6.07, 6.45) is 2.44. The Kier molecular flexibility index (Phi) is 4.63. The van der Waals surface area contributed by atoms with Gasteiger partial charge in [0.15, 0.2) is 5.96 Å². The number of likely N-dealkylation sites (tertiary alicyclic amines) is 1. The van der Waals surface area contributed by atoms with Gasteiger partial charge in [0.25, 0.3) is 0 Å². The van der Waals surface area contributed by atoms with Gasteiger partial charge in [-0.05, 0) is 24.5 Å². The number of aliphatic imine (C=N–C) groups is 1. The van der Waals surface area contributed by atoms with Crippen LogP contribution in [0.1, 0.15) is 32.3 Å². The first-order chi connectivity index (χ1) is 9.54. The Hall–Kier alpha value is -1.58. The van der Waals surface area contributed by atoms with Gasteiger partial charge >= 0.3 is 0 Å². The summed E-state index contributed by atoms with van der Waals surface area (Å²) in [7, 11) is 1.80. The minimum Gasteiger partial charge on any atom is -0.355 e. The van der Waals surface area contributed by atoms with Gasteiger partial charge in [0.2, 0.25) is 0 Å². The maximum absolute atomic E-state index is 13.9. The fourth-order valence-electron chi connectivity index (χ4n) is 2.67. The summed E-state index contributed by atoms with van der Waals surface area (Å²) in [4.78, 5) is 6.59. The van der Waals surface area contributed by atoms with E-state index in [1.807, 2.05) is 12.1 Å². The monoisotopic (exact) mass is 277 g/mol. The zero-order valence-electron chi connectivity index (χ0n) is 12.6. The van der Waals surface area contributed by atoms with E-state index >= 15 is 0 Å². The minimum absolute atomic E-state index is 0.143. The molecule has 0 aliphatic carbocycles. The Morgan fingerprint density at radius 3 is 2.55 bits per heavy atom. The second-order valence-electron chi connectivity index (χ2n) is 5.96. The standard InChI is InChI=1S/C16H24FN3/c1-16(2,13-8-4-5-9-14(13)17)12-19-15(18-3)20-10-6-7-11-20/h4-5,8-9H,6-7,10-12H2,1-3H3,(H,18,19). The van der Waals surface area contributed by atoms with Crippen molar-refractivity contribution in [3.8, 4) is 0 Å². The quantitative estimate of drug-likeness (QED) is 0.679. The van der Waals surface area contributed by atoms with Gasteiger partial charge < -0.3 is 10.2 Å². The molecule has 0 radical (unpaired) electrons. The van der Waals surface area contributed by atoms with E-state index in [4.69, 9.17) is 0 Å². The SMILES string of the molecule is CN=C(NCC(C)(C)c1ccccc1F)N1CCCC1. The molecule has 1 fully saturated rings. The predicted molar refractivity (Wildman–Crippen MR) is 81.6 cm³/mol. The molecule has 1 aliphatic rings. The van der Waals surface area contributed by atoms with E-state index in [9.17, 15) is 4.39 Å². The number of hydrogen-bond donors (Lipinski definition) is 1. The van der Waals surface area contributed by atoms with Crippen molar-refractivity contribution in [1.82, 2.24) is 10.2 Å². The lowest BCUT2D eigenvalue weighted by atomic mass is 9.84. The van der Waals surface area contributed by atoms with Gasteiger partial charge in [-0.3, -0.25) is 4.99 Å². The van der Waals surface area contributed by atoms with Crippen LogP contribution in [0.3, 0.4) is 0 Å². The first-order valence-electron chi connectivity index (χ1n) is 7.25. The summed E-state index contributed by atoms with van der Waals surface area (Å²) in [6.45, 7) is 6.88. The van der Waals surface area contributed by atoms with Crippen molar-refractivity contribution in [3.05, 3.63) is 35.6 Å². The van der Waals surface area contributed by atoms with Crippen LogP contribution < -0.4 is 5.32 Å². The largest absolute Gasteiger partial charge is 0.355 e. The van der Waals surface area contributed by atoms with Crippen LogP contribution in [0.5, 0.6) is 0 Å². The van der Waals surface area contributed by atoms with Crippen molar-refractivity contribution in [1.29, 1.82) is 0 Å². The zero-order valence-corrected chi connectivity index (χ0v) is 12.6. The third-order valence-corrected chi connectivity index (χ3v) is 3.91. The number of hydrogen-bond acceptors (Lipinski definition) is 1. The van der Waals surface area contributed by atoms with E-state index in [0.29, 0.717) is 6.54 Å². The summed E-state index contributed by atoms with van der Waals surface area (Å²) < 4.78 is 13.9. The van der Waals surface area contributed by atoms with Gasteiger partial charge in [-0.1, -0.05) is 32.0 Å². The molecule has 0 unspecified atom stereocenters. The molecule has 0 bridgehead atoms. The van der Waals surface area contributed by atoms with Gasteiger partial charge in [-0.15, -0.1) is 0 Å². The molecule has 110 valence electrons. The maximum Gasteiger partial charge on any atom is 0.193 e. The van der Waals surface area contributed by atoms with Crippen LogP contribution in [0.25, 0.3) is 0 Å². The highest BCUT2D eigenvalue weighted by Crippen LogP contribution is 2.25. The van der Waals surface area contributed by atoms with E-state index in [2.05, 4.69) is 29.1 Å². The van der Waals surface area contributed by atoms with Gasteiger partial charge in [-0.2, -0.15) is 0 Å². The molecule has 1 aromatic rings. The van der Waals surface area contributed by atoms with Crippen LogP contribution >= 0.6 is 0 Å². The molecule has 3 nitrogen and oxygen atoms in total. The molecule has 1 aromatic carbocycles.